The predicted octanol–water partition coefficient (Wildman–Crippen LogP) is 6.69. The number of phenols is 1. The minimum absolute atomic E-state index is 0.382. The lowest BCUT2D eigenvalue weighted by Gasteiger charge is -2.14. The third-order valence-electron chi connectivity index (χ3n) is 5.51. The third-order valence-corrected chi connectivity index (χ3v) is 7.10. The lowest BCUT2D eigenvalue weighted by Crippen LogP contribution is -2.07. The smallest absolute Gasteiger partial charge is 0.310 e. The van der Waals surface area contributed by atoms with Gasteiger partial charge in [-0.3, -0.25) is 4.79 Å². The molecule has 0 fully saturated rings. The Labute approximate surface area is 199 Å². The minimum Gasteiger partial charge on any atom is -0.507 e. The van der Waals surface area contributed by atoms with Crippen LogP contribution in [-0.2, 0) is 24.1 Å². The number of phenolic OH excluding ortho intramolecular Hbond substituents is 1. The van der Waals surface area contributed by atoms with Crippen LogP contribution in [0.4, 0.5) is 0 Å². The molecule has 32 heavy (non-hydrogen) atoms. The molecule has 0 radical (unpaired) electrons. The van der Waals surface area contributed by atoms with E-state index in [4.69, 9.17) is 21.9 Å². The Kier molecular flexibility index (Phi) is 10.9. The van der Waals surface area contributed by atoms with E-state index in [2.05, 4.69) is 18.1 Å². The van der Waals surface area contributed by atoms with Crippen molar-refractivity contribution in [3.63, 3.8) is 0 Å². The van der Waals surface area contributed by atoms with Crippen LogP contribution < -0.4 is 0 Å². The number of hydrogen-bond donors (Lipinski definition) is 3. The van der Waals surface area contributed by atoms with Crippen LogP contribution in [0.1, 0.15) is 67.7 Å². The molecular weight excluding hydrogens is 446 g/mol. The number of nitrogens with zero attached hydrogens (tertiary/aromatic N) is 1. The van der Waals surface area contributed by atoms with Crippen LogP contribution in [0.2, 0.25) is 5.02 Å². The monoisotopic (exact) mass is 477 g/mol. The molecule has 5 nitrogen and oxygen atoms in total. The number of aliphatic carboxylic acids is 1. The van der Waals surface area contributed by atoms with E-state index >= 15 is 0 Å². The van der Waals surface area contributed by atoms with Crippen molar-refractivity contribution in [2.24, 2.45) is 5.16 Å². The molecule has 3 N–H and O–H groups in total. The summed E-state index contributed by atoms with van der Waals surface area (Å²) in [7, 11) is 0. The summed E-state index contributed by atoms with van der Waals surface area (Å²) in [6.45, 7) is 3.76. The number of thioether (sulfide) groups is 1. The van der Waals surface area contributed by atoms with Gasteiger partial charge in [-0.25, -0.2) is 0 Å². The standard InChI is InChI=1S/C25H32ClNO4S/c1-3-7-21-18(10-11-19(24(21)28)9-6-14-27-31)8-4-5-15-32-23-13-12-20(16-22(23)26)17(2)25(29)30/h10-14,16-17,28,31H,3-9,15H2,1-2H3,(H,29,30). The molecule has 174 valence electrons. The maximum atomic E-state index is 11.1. The molecule has 1 unspecified atom stereocenters. The molecule has 0 bridgehead atoms. The van der Waals surface area contributed by atoms with Gasteiger partial charge in [-0.1, -0.05) is 43.1 Å². The molecule has 0 heterocycles. The van der Waals surface area contributed by atoms with Crippen LogP contribution in [0, 0.1) is 0 Å². The van der Waals surface area contributed by atoms with Crippen LogP contribution in [0.25, 0.3) is 0 Å². The molecule has 0 saturated carbocycles. The first-order valence-electron chi connectivity index (χ1n) is 11.0. The first-order chi connectivity index (χ1) is 15.4. The third kappa shape index (κ3) is 7.45. The summed E-state index contributed by atoms with van der Waals surface area (Å²) in [4.78, 5) is 12.1. The van der Waals surface area contributed by atoms with Gasteiger partial charge >= 0.3 is 5.97 Å². The van der Waals surface area contributed by atoms with E-state index in [0.29, 0.717) is 29.2 Å². The molecule has 0 aliphatic heterocycles. The number of benzene rings is 2. The fraction of sp³-hybridized carbons (Fsp3) is 0.440. The average Bonchev–Trinajstić information content (AvgIpc) is 2.77. The van der Waals surface area contributed by atoms with E-state index in [-0.39, 0.29) is 0 Å². The van der Waals surface area contributed by atoms with Gasteiger partial charge < -0.3 is 15.4 Å². The van der Waals surface area contributed by atoms with Gasteiger partial charge in [0.2, 0.25) is 0 Å². The first kappa shape index (κ1) is 26.1. The number of carbonyl (C=O) groups is 1. The van der Waals surface area contributed by atoms with Crippen molar-refractivity contribution in [1.82, 2.24) is 0 Å². The summed E-state index contributed by atoms with van der Waals surface area (Å²) in [5.74, 6) is -0.134. The number of halogens is 1. The highest BCUT2D eigenvalue weighted by Gasteiger charge is 2.15. The van der Waals surface area contributed by atoms with Gasteiger partial charge in [-0.15, -0.1) is 16.9 Å². The Morgan fingerprint density at radius 1 is 1.16 bits per heavy atom. The van der Waals surface area contributed by atoms with Crippen molar-refractivity contribution in [3.8, 4) is 5.75 Å². The van der Waals surface area contributed by atoms with E-state index in [0.717, 1.165) is 53.9 Å². The zero-order valence-corrected chi connectivity index (χ0v) is 20.3. The molecule has 0 aliphatic carbocycles. The summed E-state index contributed by atoms with van der Waals surface area (Å²) in [6.07, 6.45) is 7.41. The van der Waals surface area contributed by atoms with Crippen molar-refractivity contribution in [1.29, 1.82) is 0 Å². The Hall–Kier alpha value is -2.18. The topological polar surface area (TPSA) is 90.1 Å². The Morgan fingerprint density at radius 3 is 2.56 bits per heavy atom. The molecular formula is C25H32ClNO4S. The Balaban J connectivity index is 1.90. The molecule has 7 heteroatoms. The van der Waals surface area contributed by atoms with E-state index < -0.39 is 11.9 Å². The van der Waals surface area contributed by atoms with E-state index in [1.807, 2.05) is 18.2 Å². The number of unbranched alkanes of at least 4 members (excludes halogenated alkanes) is 1. The van der Waals surface area contributed by atoms with Gasteiger partial charge in [0.15, 0.2) is 0 Å². The summed E-state index contributed by atoms with van der Waals surface area (Å²) in [6, 6.07) is 9.57. The number of carboxylic acids is 1. The van der Waals surface area contributed by atoms with Crippen LogP contribution in [-0.4, -0.2) is 33.4 Å². The molecule has 2 aromatic rings. The molecule has 2 aromatic carbocycles. The van der Waals surface area contributed by atoms with Gasteiger partial charge in [0.1, 0.15) is 5.75 Å². The van der Waals surface area contributed by atoms with E-state index in [1.165, 1.54) is 11.8 Å². The fourth-order valence-electron chi connectivity index (χ4n) is 3.62. The fourth-order valence-corrected chi connectivity index (χ4v) is 4.90. The Morgan fingerprint density at radius 2 is 1.91 bits per heavy atom. The second-order valence-corrected chi connectivity index (χ2v) is 9.40. The Bertz CT molecular complexity index is 932. The predicted molar refractivity (Wildman–Crippen MR) is 132 cm³/mol. The molecule has 0 saturated heterocycles. The first-order valence-corrected chi connectivity index (χ1v) is 12.4. The molecule has 0 amide bonds. The summed E-state index contributed by atoms with van der Waals surface area (Å²) in [5, 5.41) is 32.0. The van der Waals surface area contributed by atoms with Crippen LogP contribution in [0.3, 0.4) is 0 Å². The zero-order valence-electron chi connectivity index (χ0n) is 18.7. The van der Waals surface area contributed by atoms with Gasteiger partial charge in [-0.05, 0) is 85.6 Å². The van der Waals surface area contributed by atoms with E-state index in [9.17, 15) is 9.90 Å². The molecule has 0 aromatic heterocycles. The number of rotatable bonds is 13. The average molecular weight is 478 g/mol. The zero-order chi connectivity index (χ0) is 23.5. The van der Waals surface area contributed by atoms with Crippen molar-refractivity contribution >= 4 is 35.5 Å². The van der Waals surface area contributed by atoms with Gasteiger partial charge in [0.05, 0.1) is 10.9 Å². The van der Waals surface area contributed by atoms with Gasteiger partial charge in [-0.2, -0.15) is 0 Å². The largest absolute Gasteiger partial charge is 0.507 e. The van der Waals surface area contributed by atoms with Crippen molar-refractivity contribution in [2.75, 3.05) is 5.75 Å². The second-order valence-electron chi connectivity index (χ2n) is 7.85. The maximum absolute atomic E-state index is 11.1. The normalized spacial score (nSPS) is 12.3. The molecule has 2 rings (SSSR count). The second kappa shape index (κ2) is 13.4. The number of hydrogen-bond acceptors (Lipinski definition) is 5. The van der Waals surface area contributed by atoms with Crippen LogP contribution >= 0.6 is 23.4 Å². The maximum Gasteiger partial charge on any atom is 0.310 e. The molecule has 0 spiro atoms. The van der Waals surface area contributed by atoms with E-state index in [1.54, 1.807) is 24.8 Å². The summed E-state index contributed by atoms with van der Waals surface area (Å²) in [5.41, 5.74) is 3.83. The highest BCUT2D eigenvalue weighted by molar-refractivity contribution is 7.99. The highest BCUT2D eigenvalue weighted by atomic mass is 35.5. The number of oxime groups is 1. The summed E-state index contributed by atoms with van der Waals surface area (Å²) >= 11 is 8.04. The van der Waals surface area contributed by atoms with Crippen molar-refractivity contribution < 1.29 is 20.2 Å². The van der Waals surface area contributed by atoms with Crippen LogP contribution in [0.5, 0.6) is 5.75 Å². The molecule has 0 aliphatic rings. The van der Waals surface area contributed by atoms with Gasteiger partial charge in [0.25, 0.3) is 0 Å². The number of aromatic hydroxyl groups is 1. The van der Waals surface area contributed by atoms with Gasteiger partial charge in [0, 0.05) is 11.1 Å². The number of carboxylic acid groups (broad SMARTS) is 1. The highest BCUT2D eigenvalue weighted by Crippen LogP contribution is 2.32. The minimum atomic E-state index is -0.859. The lowest BCUT2D eigenvalue weighted by molar-refractivity contribution is -0.138. The van der Waals surface area contributed by atoms with Crippen LogP contribution in [0.15, 0.2) is 40.4 Å². The van der Waals surface area contributed by atoms with Crippen molar-refractivity contribution in [3.05, 3.63) is 57.6 Å². The molecule has 1 atom stereocenters. The van der Waals surface area contributed by atoms with Crippen molar-refractivity contribution in [2.45, 2.75) is 69.6 Å². The lowest BCUT2D eigenvalue weighted by atomic mass is 9.94. The summed E-state index contributed by atoms with van der Waals surface area (Å²) < 4.78 is 0. The quantitative estimate of drug-likeness (QED) is 0.0982. The number of aryl methyl sites for hydroxylation is 2. The SMILES string of the molecule is CCCc1c(CCCCSc2ccc(C(C)C(=O)O)cc2Cl)ccc(CCC=NO)c1O.